The van der Waals surface area contributed by atoms with E-state index in [1.54, 1.807) is 6.07 Å². The Labute approximate surface area is 115 Å². The van der Waals surface area contributed by atoms with Crippen molar-refractivity contribution in [1.29, 1.82) is 0 Å². The highest BCUT2D eigenvalue weighted by molar-refractivity contribution is 5.27. The minimum atomic E-state index is -0.0326. The first-order chi connectivity index (χ1) is 9.24. The van der Waals surface area contributed by atoms with Gasteiger partial charge in [-0.3, -0.25) is 4.90 Å². The first-order valence-corrected chi connectivity index (χ1v) is 7.45. The highest BCUT2D eigenvalue weighted by Crippen LogP contribution is 2.40. The van der Waals surface area contributed by atoms with Crippen LogP contribution in [0.2, 0.25) is 0 Å². The number of hydrogen-bond donors (Lipinski definition) is 1. The molecule has 1 saturated carbocycles. The minimum absolute atomic E-state index is 0.0326. The molecule has 2 nitrogen and oxygen atoms in total. The second-order valence-corrected chi connectivity index (χ2v) is 6.01. The first-order valence-electron chi connectivity index (χ1n) is 7.45. The van der Waals surface area contributed by atoms with Crippen LogP contribution in [0.15, 0.2) is 18.2 Å². The predicted molar refractivity (Wildman–Crippen MR) is 75.7 cm³/mol. The molecule has 1 heterocycles. The molecule has 0 bridgehead atoms. The molecule has 104 valence electrons. The molecule has 1 aliphatic carbocycles. The molecule has 3 heteroatoms. The van der Waals surface area contributed by atoms with Gasteiger partial charge < -0.3 is 5.32 Å². The fourth-order valence-corrected chi connectivity index (χ4v) is 3.05. The number of hydrogen-bond acceptors (Lipinski definition) is 2. The summed E-state index contributed by atoms with van der Waals surface area (Å²) in [6, 6.07) is 5.82. The van der Waals surface area contributed by atoms with E-state index in [1.165, 1.54) is 12.8 Å². The average molecular weight is 262 g/mol. The maximum Gasteiger partial charge on any atom is 0.128 e. The van der Waals surface area contributed by atoms with E-state index in [9.17, 15) is 4.39 Å². The Kier molecular flexibility index (Phi) is 3.85. The van der Waals surface area contributed by atoms with Crippen molar-refractivity contribution in [3.63, 3.8) is 0 Å². The molecule has 2 fully saturated rings. The fraction of sp³-hybridized carbons (Fsp3) is 0.625. The quantitative estimate of drug-likeness (QED) is 0.897. The molecule has 1 aromatic rings. The van der Waals surface area contributed by atoms with Crippen LogP contribution in [0.3, 0.4) is 0 Å². The number of halogens is 1. The van der Waals surface area contributed by atoms with Gasteiger partial charge in [-0.05, 0) is 25.3 Å². The zero-order valence-corrected chi connectivity index (χ0v) is 11.7. The van der Waals surface area contributed by atoms with Crippen molar-refractivity contribution >= 4 is 0 Å². The fourth-order valence-electron chi connectivity index (χ4n) is 3.05. The van der Waals surface area contributed by atoms with Crippen molar-refractivity contribution in [2.24, 2.45) is 5.92 Å². The van der Waals surface area contributed by atoms with Crippen molar-refractivity contribution in [3.8, 4) is 0 Å². The monoisotopic (exact) mass is 262 g/mol. The molecule has 1 saturated heterocycles. The molecule has 1 aliphatic heterocycles. The number of aryl methyl sites for hydroxylation is 1. The van der Waals surface area contributed by atoms with Gasteiger partial charge in [0.25, 0.3) is 0 Å². The standard InChI is InChI=1S/C16H23FN2/c1-12-2-5-15(17)14(10-12)16(11-13-3-4-13)19-8-6-18-7-9-19/h2,5,10,13,16,18H,3-4,6-9,11H2,1H3/t16-/m0/s1. The average Bonchev–Trinajstić information content (AvgIpc) is 3.24. The van der Waals surface area contributed by atoms with E-state index in [0.29, 0.717) is 0 Å². The van der Waals surface area contributed by atoms with Crippen molar-refractivity contribution in [2.75, 3.05) is 26.2 Å². The van der Waals surface area contributed by atoms with Gasteiger partial charge in [0.05, 0.1) is 0 Å². The van der Waals surface area contributed by atoms with Gasteiger partial charge in [0.1, 0.15) is 5.82 Å². The zero-order valence-electron chi connectivity index (χ0n) is 11.7. The van der Waals surface area contributed by atoms with E-state index in [4.69, 9.17) is 0 Å². The Morgan fingerprint density at radius 1 is 1.32 bits per heavy atom. The van der Waals surface area contributed by atoms with E-state index >= 15 is 0 Å². The smallest absolute Gasteiger partial charge is 0.128 e. The minimum Gasteiger partial charge on any atom is -0.314 e. The third-order valence-corrected chi connectivity index (χ3v) is 4.36. The van der Waals surface area contributed by atoms with Gasteiger partial charge in [0.2, 0.25) is 0 Å². The summed E-state index contributed by atoms with van der Waals surface area (Å²) in [5.41, 5.74) is 2.07. The van der Waals surface area contributed by atoms with Gasteiger partial charge in [0.15, 0.2) is 0 Å². The Balaban J connectivity index is 1.85. The molecule has 0 aromatic heterocycles. The first kappa shape index (κ1) is 13.1. The number of rotatable bonds is 4. The summed E-state index contributed by atoms with van der Waals surface area (Å²) in [4.78, 5) is 2.46. The Hall–Kier alpha value is -0.930. The molecular weight excluding hydrogens is 239 g/mol. The van der Waals surface area contributed by atoms with Crippen LogP contribution in [0.1, 0.15) is 36.4 Å². The Bertz CT molecular complexity index is 436. The highest BCUT2D eigenvalue weighted by atomic mass is 19.1. The lowest BCUT2D eigenvalue weighted by atomic mass is 9.96. The molecule has 1 aromatic carbocycles. The van der Waals surface area contributed by atoms with Crippen LogP contribution in [-0.4, -0.2) is 31.1 Å². The van der Waals surface area contributed by atoms with Gasteiger partial charge in [-0.2, -0.15) is 0 Å². The molecule has 3 rings (SSSR count). The van der Waals surface area contributed by atoms with E-state index in [1.807, 2.05) is 12.1 Å². The van der Waals surface area contributed by atoms with Crippen LogP contribution in [0.25, 0.3) is 0 Å². The Morgan fingerprint density at radius 3 is 2.74 bits per heavy atom. The van der Waals surface area contributed by atoms with Crippen LogP contribution in [0.4, 0.5) is 4.39 Å². The number of nitrogens with zero attached hydrogens (tertiary/aromatic N) is 1. The number of piperazine rings is 1. The van der Waals surface area contributed by atoms with Crippen molar-refractivity contribution in [2.45, 2.75) is 32.2 Å². The van der Waals surface area contributed by atoms with Gasteiger partial charge in [-0.1, -0.05) is 30.5 Å². The summed E-state index contributed by atoms with van der Waals surface area (Å²) in [6.45, 7) is 6.16. The summed E-state index contributed by atoms with van der Waals surface area (Å²) in [5.74, 6) is 0.787. The summed E-state index contributed by atoms with van der Waals surface area (Å²) >= 11 is 0. The normalized spacial score (nSPS) is 22.4. The van der Waals surface area contributed by atoms with Gasteiger partial charge in [0, 0.05) is 37.8 Å². The van der Waals surface area contributed by atoms with E-state index < -0.39 is 0 Å². The maximum absolute atomic E-state index is 14.2. The molecule has 0 spiro atoms. The maximum atomic E-state index is 14.2. The predicted octanol–water partition coefficient (Wildman–Crippen LogP) is 2.88. The summed E-state index contributed by atoms with van der Waals surface area (Å²) in [7, 11) is 0. The lowest BCUT2D eigenvalue weighted by Crippen LogP contribution is -2.45. The second kappa shape index (κ2) is 5.59. The van der Waals surface area contributed by atoms with Gasteiger partial charge in [-0.25, -0.2) is 4.39 Å². The molecule has 0 amide bonds. The van der Waals surface area contributed by atoms with Crippen molar-refractivity contribution < 1.29 is 4.39 Å². The number of nitrogens with one attached hydrogen (secondary N) is 1. The van der Waals surface area contributed by atoms with E-state index in [-0.39, 0.29) is 11.9 Å². The second-order valence-electron chi connectivity index (χ2n) is 6.01. The molecule has 1 N–H and O–H groups in total. The van der Waals surface area contributed by atoms with Crippen LogP contribution in [0.5, 0.6) is 0 Å². The van der Waals surface area contributed by atoms with Crippen LogP contribution in [0, 0.1) is 18.7 Å². The number of benzene rings is 1. The molecule has 0 unspecified atom stereocenters. The Morgan fingerprint density at radius 2 is 2.05 bits per heavy atom. The lowest BCUT2D eigenvalue weighted by Gasteiger charge is -2.35. The van der Waals surface area contributed by atoms with Crippen LogP contribution in [-0.2, 0) is 0 Å². The third kappa shape index (κ3) is 3.15. The molecule has 2 aliphatic rings. The molecular formula is C16H23FN2. The summed E-state index contributed by atoms with van der Waals surface area (Å²) in [5, 5.41) is 3.38. The summed E-state index contributed by atoms with van der Waals surface area (Å²) < 4.78 is 14.2. The SMILES string of the molecule is Cc1ccc(F)c([C@H](CC2CC2)N2CCNCC2)c1. The van der Waals surface area contributed by atoms with Crippen molar-refractivity contribution in [1.82, 2.24) is 10.2 Å². The molecule has 0 radical (unpaired) electrons. The largest absolute Gasteiger partial charge is 0.314 e. The van der Waals surface area contributed by atoms with Crippen LogP contribution >= 0.6 is 0 Å². The van der Waals surface area contributed by atoms with Gasteiger partial charge >= 0.3 is 0 Å². The van der Waals surface area contributed by atoms with Crippen molar-refractivity contribution in [3.05, 3.63) is 35.1 Å². The van der Waals surface area contributed by atoms with E-state index in [0.717, 1.165) is 49.6 Å². The third-order valence-electron chi connectivity index (χ3n) is 4.36. The molecule has 19 heavy (non-hydrogen) atoms. The highest BCUT2D eigenvalue weighted by Gasteiger charge is 2.31. The van der Waals surface area contributed by atoms with Crippen LogP contribution < -0.4 is 5.32 Å². The van der Waals surface area contributed by atoms with E-state index in [2.05, 4.69) is 17.1 Å². The topological polar surface area (TPSA) is 15.3 Å². The summed E-state index contributed by atoms with van der Waals surface area (Å²) in [6.07, 6.45) is 3.78. The lowest BCUT2D eigenvalue weighted by molar-refractivity contribution is 0.157. The molecule has 1 atom stereocenters. The van der Waals surface area contributed by atoms with Gasteiger partial charge in [-0.15, -0.1) is 0 Å². The zero-order chi connectivity index (χ0) is 13.2.